The Morgan fingerprint density at radius 3 is 2.61 bits per heavy atom. The van der Waals surface area contributed by atoms with Crippen LogP contribution in [0.15, 0.2) is 24.3 Å². The fraction of sp³-hybridized carbons (Fsp3) is 0.571. The number of rotatable bonds is 7. The van der Waals surface area contributed by atoms with Crippen LogP contribution in [0.5, 0.6) is 0 Å². The molecule has 0 radical (unpaired) electrons. The maximum atomic E-state index is 13.4. The summed E-state index contributed by atoms with van der Waals surface area (Å²) in [4.78, 5) is 39.0. The molecule has 1 aromatic rings. The van der Waals surface area contributed by atoms with Gasteiger partial charge in [-0.15, -0.1) is 0 Å². The van der Waals surface area contributed by atoms with Crippen molar-refractivity contribution in [3.8, 4) is 0 Å². The molecule has 1 atom stereocenters. The topological polar surface area (TPSA) is 98.7 Å². The largest absolute Gasteiger partial charge is 0.340 e. The van der Waals surface area contributed by atoms with Crippen LogP contribution in [-0.4, -0.2) is 35.5 Å². The summed E-state index contributed by atoms with van der Waals surface area (Å²) in [6, 6.07) is 6.78. The van der Waals surface area contributed by atoms with Crippen molar-refractivity contribution in [2.75, 3.05) is 11.4 Å². The smallest absolute Gasteiger partial charge is 0.254 e. The average Bonchev–Trinajstić information content (AvgIpc) is 2.84. The normalized spacial score (nSPS) is 20.3. The number of amides is 3. The van der Waals surface area contributed by atoms with Crippen LogP contribution in [0.25, 0.3) is 0 Å². The predicted molar refractivity (Wildman–Crippen MR) is 105 cm³/mol. The number of fused-ring (bicyclic) bond motifs is 1. The number of nitrogens with one attached hydrogen (secondary N) is 2. The molecule has 152 valence electrons. The summed E-state index contributed by atoms with van der Waals surface area (Å²) >= 11 is 0. The third kappa shape index (κ3) is 4.70. The molecule has 3 N–H and O–H groups in total. The minimum atomic E-state index is -0.472. The van der Waals surface area contributed by atoms with Gasteiger partial charge in [0.05, 0.1) is 11.3 Å². The molecule has 0 aromatic heterocycles. The zero-order valence-corrected chi connectivity index (χ0v) is 16.2. The van der Waals surface area contributed by atoms with E-state index in [1.165, 1.54) is 6.42 Å². The van der Waals surface area contributed by atoms with Gasteiger partial charge in [-0.05, 0) is 43.7 Å². The van der Waals surface area contributed by atoms with Gasteiger partial charge in [-0.1, -0.05) is 37.8 Å². The van der Waals surface area contributed by atoms with E-state index in [9.17, 15) is 14.4 Å². The molecule has 7 nitrogen and oxygen atoms in total. The van der Waals surface area contributed by atoms with Gasteiger partial charge < -0.3 is 10.2 Å². The average molecular weight is 387 g/mol. The summed E-state index contributed by atoms with van der Waals surface area (Å²) in [5.74, 6) is -0.418. The van der Waals surface area contributed by atoms with E-state index < -0.39 is 11.9 Å². The Morgan fingerprint density at radius 1 is 1.11 bits per heavy atom. The van der Waals surface area contributed by atoms with Crippen LogP contribution in [-0.2, 0) is 9.59 Å². The van der Waals surface area contributed by atoms with Crippen molar-refractivity contribution in [1.29, 1.82) is 0 Å². The highest BCUT2D eigenvalue weighted by Gasteiger charge is 2.38. The summed E-state index contributed by atoms with van der Waals surface area (Å²) in [6.45, 7) is 0.509. The number of hydrogen-bond acceptors (Lipinski definition) is 4. The molecule has 1 unspecified atom stereocenters. The van der Waals surface area contributed by atoms with Gasteiger partial charge in [0.25, 0.3) is 5.91 Å². The van der Waals surface area contributed by atoms with E-state index in [1.807, 2.05) is 18.2 Å². The van der Waals surface area contributed by atoms with Gasteiger partial charge in [0.1, 0.15) is 6.04 Å². The molecule has 0 spiro atoms. The standard InChI is InChI=1S/C21H29N3O4/c25-18(23-28)13-5-2-8-14-24-17-12-7-6-11-16(17)20(26)22-19(21(24)27)15-9-3-1-4-10-15/h6-7,11-12,15,19,28H,1-5,8-10,13-14H2,(H,22,26)(H,23,25). The Labute approximate surface area is 165 Å². The van der Waals surface area contributed by atoms with Crippen LogP contribution in [0, 0.1) is 5.92 Å². The number of para-hydroxylation sites is 1. The van der Waals surface area contributed by atoms with E-state index in [-0.39, 0.29) is 24.2 Å². The molecule has 2 aliphatic rings. The molecule has 28 heavy (non-hydrogen) atoms. The SMILES string of the molecule is O=C(CCCCCN1C(=O)C(C2CCCCC2)NC(=O)c2ccccc21)NO. The van der Waals surface area contributed by atoms with E-state index in [0.717, 1.165) is 38.5 Å². The number of unbranched alkanes of at least 4 members (excludes halogenated alkanes) is 2. The number of hydroxylamine groups is 1. The first kappa shape index (κ1) is 20.3. The molecule has 3 rings (SSSR count). The maximum absolute atomic E-state index is 13.4. The number of carbonyl (C=O) groups excluding carboxylic acids is 3. The third-order valence-electron chi connectivity index (χ3n) is 5.79. The first-order valence-corrected chi connectivity index (χ1v) is 10.3. The zero-order chi connectivity index (χ0) is 19.9. The van der Waals surface area contributed by atoms with Crippen LogP contribution in [0.2, 0.25) is 0 Å². The fourth-order valence-corrected chi connectivity index (χ4v) is 4.27. The van der Waals surface area contributed by atoms with Crippen LogP contribution in [0.1, 0.15) is 68.1 Å². The summed E-state index contributed by atoms with van der Waals surface area (Å²) in [6.07, 6.45) is 7.71. The lowest BCUT2D eigenvalue weighted by Gasteiger charge is -2.32. The van der Waals surface area contributed by atoms with Crippen molar-refractivity contribution in [3.05, 3.63) is 29.8 Å². The minimum Gasteiger partial charge on any atom is -0.340 e. The molecule has 7 heteroatoms. The minimum absolute atomic E-state index is 0.0294. The van der Waals surface area contributed by atoms with E-state index in [2.05, 4.69) is 5.32 Å². The summed E-state index contributed by atoms with van der Waals surface area (Å²) in [5, 5.41) is 11.6. The quantitative estimate of drug-likeness (QED) is 0.381. The molecule has 1 aliphatic heterocycles. The van der Waals surface area contributed by atoms with Crippen molar-refractivity contribution in [3.63, 3.8) is 0 Å². The Balaban J connectivity index is 1.73. The fourth-order valence-electron chi connectivity index (χ4n) is 4.27. The van der Waals surface area contributed by atoms with Gasteiger partial charge >= 0.3 is 0 Å². The first-order valence-electron chi connectivity index (χ1n) is 10.3. The van der Waals surface area contributed by atoms with Crippen molar-refractivity contribution in [1.82, 2.24) is 10.8 Å². The van der Waals surface area contributed by atoms with Crippen LogP contribution in [0.4, 0.5) is 5.69 Å². The molecule has 1 aromatic carbocycles. The number of nitrogens with zero attached hydrogens (tertiary/aromatic N) is 1. The van der Waals surface area contributed by atoms with Crippen molar-refractivity contribution in [2.24, 2.45) is 5.92 Å². The molecule has 0 saturated heterocycles. The van der Waals surface area contributed by atoms with Gasteiger partial charge in [-0.3, -0.25) is 19.6 Å². The Bertz CT molecular complexity index is 715. The highest BCUT2D eigenvalue weighted by atomic mass is 16.5. The van der Waals surface area contributed by atoms with Crippen molar-refractivity contribution < 1.29 is 19.6 Å². The molecule has 1 fully saturated rings. The molecule has 1 heterocycles. The summed E-state index contributed by atoms with van der Waals surface area (Å²) in [7, 11) is 0. The van der Waals surface area contributed by atoms with Gasteiger partial charge in [-0.2, -0.15) is 0 Å². The first-order chi connectivity index (χ1) is 13.6. The van der Waals surface area contributed by atoms with E-state index in [0.29, 0.717) is 24.2 Å². The van der Waals surface area contributed by atoms with E-state index in [1.54, 1.807) is 16.4 Å². The molecule has 1 aliphatic carbocycles. The second kappa shape index (κ2) is 9.68. The Hall–Kier alpha value is -2.41. The molecule has 3 amide bonds. The lowest BCUT2D eigenvalue weighted by molar-refractivity contribution is -0.129. The lowest BCUT2D eigenvalue weighted by Crippen LogP contribution is -2.50. The van der Waals surface area contributed by atoms with Gasteiger partial charge in [0.15, 0.2) is 0 Å². The van der Waals surface area contributed by atoms with E-state index in [4.69, 9.17) is 5.21 Å². The molecular weight excluding hydrogens is 358 g/mol. The van der Waals surface area contributed by atoms with Gasteiger partial charge in [0.2, 0.25) is 11.8 Å². The second-order valence-electron chi connectivity index (χ2n) is 7.70. The third-order valence-corrected chi connectivity index (χ3v) is 5.79. The van der Waals surface area contributed by atoms with Crippen LogP contribution in [0.3, 0.4) is 0 Å². The second-order valence-corrected chi connectivity index (χ2v) is 7.70. The Kier molecular flexibility index (Phi) is 7.03. The number of carbonyl (C=O) groups is 3. The van der Waals surface area contributed by atoms with E-state index >= 15 is 0 Å². The number of benzene rings is 1. The van der Waals surface area contributed by atoms with Crippen molar-refractivity contribution in [2.45, 2.75) is 63.8 Å². The maximum Gasteiger partial charge on any atom is 0.254 e. The molecule has 0 bridgehead atoms. The summed E-state index contributed by atoms with van der Waals surface area (Å²) < 4.78 is 0. The highest BCUT2D eigenvalue weighted by Crippen LogP contribution is 2.32. The van der Waals surface area contributed by atoms with Crippen LogP contribution < -0.4 is 15.7 Å². The highest BCUT2D eigenvalue weighted by molar-refractivity contribution is 6.11. The lowest BCUT2D eigenvalue weighted by atomic mass is 9.83. The summed E-state index contributed by atoms with van der Waals surface area (Å²) in [5.41, 5.74) is 2.83. The number of anilines is 1. The molecule has 1 saturated carbocycles. The molecular formula is C21H29N3O4. The Morgan fingerprint density at radius 2 is 1.86 bits per heavy atom. The predicted octanol–water partition coefficient (Wildman–Crippen LogP) is 2.78. The number of hydrogen-bond donors (Lipinski definition) is 3. The van der Waals surface area contributed by atoms with Crippen LogP contribution >= 0.6 is 0 Å². The monoisotopic (exact) mass is 387 g/mol. The zero-order valence-electron chi connectivity index (χ0n) is 16.2. The van der Waals surface area contributed by atoms with Gasteiger partial charge in [0, 0.05) is 13.0 Å². The van der Waals surface area contributed by atoms with Gasteiger partial charge in [-0.25, -0.2) is 5.48 Å². The van der Waals surface area contributed by atoms with Crippen molar-refractivity contribution >= 4 is 23.4 Å².